The van der Waals surface area contributed by atoms with Crippen LogP contribution in [-0.4, -0.2) is 36.1 Å². The predicted molar refractivity (Wildman–Crippen MR) is 102 cm³/mol. The number of carbonyl (C=O) groups excluding carboxylic acids is 1. The SMILES string of the molecule is CC(=O)[C@H]1CC[C@H]2[C@@H]3C[C@H](O)[C@H]4C[C@@H](OS(=O)(=O)[O-])CC[C@]4(C)C3=CC[C@]12C. The number of ketones is 1. The third-order valence-corrected chi connectivity index (χ3v) is 9.25. The molecule has 1 N–H and O–H groups in total. The fourth-order valence-corrected chi connectivity index (χ4v) is 7.97. The molecular weight excluding hydrogens is 380 g/mol. The Balaban J connectivity index is 1.63. The summed E-state index contributed by atoms with van der Waals surface area (Å²) in [5.74, 6) is 0.956. The van der Waals surface area contributed by atoms with Crippen LogP contribution in [0.25, 0.3) is 0 Å². The third-order valence-electron chi connectivity index (χ3n) is 8.74. The van der Waals surface area contributed by atoms with Crippen molar-refractivity contribution in [3.63, 3.8) is 0 Å². The number of hydrogen-bond acceptors (Lipinski definition) is 6. The van der Waals surface area contributed by atoms with Crippen LogP contribution in [-0.2, 0) is 19.4 Å². The zero-order valence-electron chi connectivity index (χ0n) is 16.9. The Morgan fingerprint density at radius 1 is 1.21 bits per heavy atom. The minimum atomic E-state index is -4.73. The molecule has 0 amide bonds. The Labute approximate surface area is 167 Å². The normalized spacial score (nSPS) is 48.2. The zero-order valence-corrected chi connectivity index (χ0v) is 17.7. The molecule has 0 spiro atoms. The molecule has 4 rings (SSSR count). The Bertz CT molecular complexity index is 804. The lowest BCUT2D eigenvalue weighted by molar-refractivity contribution is -0.125. The maximum Gasteiger partial charge on any atom is 0.217 e. The number of aliphatic hydroxyl groups excluding tert-OH is 1. The average Bonchev–Trinajstić information content (AvgIpc) is 2.92. The number of rotatable bonds is 3. The van der Waals surface area contributed by atoms with Crippen LogP contribution in [0.5, 0.6) is 0 Å². The number of aliphatic hydroxyl groups is 1. The first kappa shape index (κ1) is 20.5. The van der Waals surface area contributed by atoms with Gasteiger partial charge in [0.25, 0.3) is 0 Å². The second-order valence-electron chi connectivity index (χ2n) is 10.1. The molecule has 4 aliphatic rings. The molecule has 7 heteroatoms. The molecule has 0 radical (unpaired) electrons. The van der Waals surface area contributed by atoms with E-state index in [2.05, 4.69) is 19.9 Å². The van der Waals surface area contributed by atoms with Gasteiger partial charge >= 0.3 is 0 Å². The number of Topliss-reactive ketones (excluding diaryl/α,β-unsaturated/α-hetero) is 1. The van der Waals surface area contributed by atoms with Gasteiger partial charge in [-0.2, -0.15) is 0 Å². The monoisotopic (exact) mass is 411 g/mol. The van der Waals surface area contributed by atoms with Crippen LogP contribution in [0.2, 0.25) is 0 Å². The quantitative estimate of drug-likeness (QED) is 0.435. The molecule has 0 unspecified atom stereocenters. The Hall–Kier alpha value is -0.760. The molecule has 6 nitrogen and oxygen atoms in total. The maximum absolute atomic E-state index is 12.2. The van der Waals surface area contributed by atoms with Gasteiger partial charge in [0.05, 0.1) is 12.2 Å². The molecule has 0 aromatic heterocycles. The molecule has 3 fully saturated rings. The summed E-state index contributed by atoms with van der Waals surface area (Å²) >= 11 is 0. The maximum atomic E-state index is 12.2. The summed E-state index contributed by atoms with van der Waals surface area (Å²) in [6, 6.07) is 0. The topological polar surface area (TPSA) is 104 Å². The van der Waals surface area contributed by atoms with Gasteiger partial charge < -0.3 is 9.66 Å². The van der Waals surface area contributed by atoms with Crippen LogP contribution in [0, 0.1) is 34.5 Å². The summed E-state index contributed by atoms with van der Waals surface area (Å²) < 4.78 is 37.8. The van der Waals surface area contributed by atoms with E-state index in [4.69, 9.17) is 4.18 Å². The second-order valence-corrected chi connectivity index (χ2v) is 11.1. The van der Waals surface area contributed by atoms with Gasteiger partial charge in [0.15, 0.2) is 0 Å². The van der Waals surface area contributed by atoms with Crippen molar-refractivity contribution in [1.29, 1.82) is 0 Å². The molecule has 0 aromatic carbocycles. The van der Waals surface area contributed by atoms with Crippen molar-refractivity contribution in [3.8, 4) is 0 Å². The zero-order chi connectivity index (χ0) is 20.5. The van der Waals surface area contributed by atoms with Gasteiger partial charge in [-0.25, -0.2) is 8.42 Å². The smallest absolute Gasteiger partial charge is 0.217 e. The van der Waals surface area contributed by atoms with Crippen LogP contribution < -0.4 is 0 Å². The molecule has 158 valence electrons. The van der Waals surface area contributed by atoms with Crippen LogP contribution in [0.3, 0.4) is 0 Å². The van der Waals surface area contributed by atoms with Crippen molar-refractivity contribution in [3.05, 3.63) is 11.6 Å². The average molecular weight is 412 g/mol. The summed E-state index contributed by atoms with van der Waals surface area (Å²) in [6.07, 6.45) is 6.22. The summed E-state index contributed by atoms with van der Waals surface area (Å²) in [6.45, 7) is 6.13. The fraction of sp³-hybridized carbons (Fsp3) is 0.857. The summed E-state index contributed by atoms with van der Waals surface area (Å²) in [4.78, 5) is 12.2. The lowest BCUT2D eigenvalue weighted by Gasteiger charge is -2.58. The molecule has 0 saturated heterocycles. The first-order valence-corrected chi connectivity index (χ1v) is 11.8. The highest BCUT2D eigenvalue weighted by molar-refractivity contribution is 7.80. The minimum absolute atomic E-state index is 0.0279. The Kier molecular flexibility index (Phi) is 4.85. The lowest BCUT2D eigenvalue weighted by Crippen LogP contribution is -2.54. The van der Waals surface area contributed by atoms with E-state index in [1.165, 1.54) is 5.57 Å². The highest BCUT2D eigenvalue weighted by Gasteiger charge is 2.59. The van der Waals surface area contributed by atoms with E-state index in [9.17, 15) is 22.9 Å². The fourth-order valence-electron chi connectivity index (χ4n) is 7.46. The molecule has 28 heavy (non-hydrogen) atoms. The predicted octanol–water partition coefficient (Wildman–Crippen LogP) is 2.97. The van der Waals surface area contributed by atoms with Crippen molar-refractivity contribution in [1.82, 2.24) is 0 Å². The molecule has 0 heterocycles. The lowest BCUT2D eigenvalue weighted by atomic mass is 9.48. The molecule has 0 aromatic rings. The van der Waals surface area contributed by atoms with Crippen LogP contribution in [0.15, 0.2) is 11.6 Å². The Morgan fingerprint density at radius 3 is 2.57 bits per heavy atom. The van der Waals surface area contributed by atoms with E-state index in [0.717, 1.165) is 19.3 Å². The number of fused-ring (bicyclic) bond motifs is 5. The second kappa shape index (κ2) is 6.62. The summed E-state index contributed by atoms with van der Waals surface area (Å²) in [7, 11) is -4.73. The molecular formula is C21H31O6S-. The summed E-state index contributed by atoms with van der Waals surface area (Å²) in [5, 5.41) is 11.0. The van der Waals surface area contributed by atoms with E-state index in [-0.39, 0.29) is 34.4 Å². The van der Waals surface area contributed by atoms with Crippen LogP contribution in [0.4, 0.5) is 0 Å². The third kappa shape index (κ3) is 3.09. The summed E-state index contributed by atoms with van der Waals surface area (Å²) in [5.41, 5.74) is 1.16. The van der Waals surface area contributed by atoms with Crippen molar-refractivity contribution in [2.75, 3.05) is 0 Å². The molecule has 0 bridgehead atoms. The molecule has 4 aliphatic carbocycles. The van der Waals surface area contributed by atoms with Crippen molar-refractivity contribution in [2.45, 2.75) is 77.9 Å². The minimum Gasteiger partial charge on any atom is -0.726 e. The van der Waals surface area contributed by atoms with Gasteiger partial charge in [-0.05, 0) is 80.5 Å². The van der Waals surface area contributed by atoms with Crippen molar-refractivity contribution < 1.29 is 27.1 Å². The van der Waals surface area contributed by atoms with Crippen molar-refractivity contribution in [2.24, 2.45) is 34.5 Å². The first-order valence-electron chi connectivity index (χ1n) is 10.5. The van der Waals surface area contributed by atoms with Crippen molar-refractivity contribution >= 4 is 16.2 Å². The van der Waals surface area contributed by atoms with Crippen LogP contribution in [0.1, 0.15) is 65.7 Å². The molecule has 3 saturated carbocycles. The van der Waals surface area contributed by atoms with E-state index >= 15 is 0 Å². The van der Waals surface area contributed by atoms with Gasteiger partial charge in [-0.15, -0.1) is 0 Å². The number of allylic oxidation sites excluding steroid dienone is 2. The van der Waals surface area contributed by atoms with Gasteiger partial charge in [0.1, 0.15) is 5.78 Å². The largest absolute Gasteiger partial charge is 0.726 e. The number of carbonyl (C=O) groups is 1. The Morgan fingerprint density at radius 2 is 1.93 bits per heavy atom. The van der Waals surface area contributed by atoms with Crippen LogP contribution >= 0.6 is 0 Å². The standard InChI is InChI=1S/C21H32O6S/c1-12(22)15-4-5-16-14-11-19(23)18-10-13(27-28(24,25)26)6-8-21(18,3)17(14)7-9-20(15,16)2/h7,13-16,18-19,23H,4-6,8-11H2,1-3H3,(H,24,25,26)/p-1/t13-,14-,15+,16-,18+,19-,20+,21+/m0/s1. The highest BCUT2D eigenvalue weighted by Crippen LogP contribution is 2.65. The number of hydrogen-bond donors (Lipinski definition) is 1. The van der Waals surface area contributed by atoms with E-state index in [1.807, 2.05) is 0 Å². The van der Waals surface area contributed by atoms with Gasteiger partial charge in [0.2, 0.25) is 10.4 Å². The molecule has 0 aliphatic heterocycles. The van der Waals surface area contributed by atoms with Gasteiger partial charge in [-0.3, -0.25) is 8.98 Å². The highest BCUT2D eigenvalue weighted by atomic mass is 32.3. The van der Waals surface area contributed by atoms with E-state index < -0.39 is 22.6 Å². The van der Waals surface area contributed by atoms with E-state index in [0.29, 0.717) is 31.6 Å². The van der Waals surface area contributed by atoms with Gasteiger partial charge in [-0.1, -0.05) is 25.5 Å². The van der Waals surface area contributed by atoms with E-state index in [1.54, 1.807) is 6.92 Å². The molecule has 8 atom stereocenters. The van der Waals surface area contributed by atoms with Gasteiger partial charge in [0, 0.05) is 5.92 Å². The first-order chi connectivity index (χ1) is 13.0.